The molecular weight excluding hydrogens is 490 g/mol. The lowest BCUT2D eigenvalue weighted by Crippen LogP contribution is -2.39. The molecule has 0 N–H and O–H groups in total. The smallest absolute Gasteiger partial charge is 0.254 e. The Morgan fingerprint density at radius 3 is 1.75 bits per heavy atom. The van der Waals surface area contributed by atoms with Crippen molar-refractivity contribution in [2.75, 3.05) is 19.7 Å². The number of carbonyl (C=O) groups excluding carboxylic acids is 1. The molecule has 0 bridgehead atoms. The van der Waals surface area contributed by atoms with E-state index in [1.165, 1.54) is 107 Å². The lowest BCUT2D eigenvalue weighted by Gasteiger charge is -2.25. The monoisotopic (exact) mass is 543 g/mol. The van der Waals surface area contributed by atoms with Crippen molar-refractivity contribution in [1.29, 1.82) is 0 Å². The molecule has 0 radical (unpaired) electrons. The molecule has 3 heteroatoms. The second-order valence-corrected chi connectivity index (χ2v) is 12.5. The van der Waals surface area contributed by atoms with Gasteiger partial charge in [0.25, 0.3) is 5.91 Å². The molecule has 3 nitrogen and oxygen atoms in total. The Morgan fingerprint density at radius 1 is 0.700 bits per heavy atom. The van der Waals surface area contributed by atoms with Gasteiger partial charge >= 0.3 is 0 Å². The first kappa shape index (κ1) is 30.6. The second-order valence-electron chi connectivity index (χ2n) is 12.5. The van der Waals surface area contributed by atoms with Gasteiger partial charge in [-0.2, -0.15) is 0 Å². The number of ether oxygens (including phenoxy) is 1. The molecule has 1 atom stereocenters. The van der Waals surface area contributed by atoms with Crippen LogP contribution in [-0.2, 0) is 4.74 Å². The van der Waals surface area contributed by atoms with E-state index in [9.17, 15) is 4.79 Å². The molecule has 0 aliphatic carbocycles. The maximum absolute atomic E-state index is 13.9. The maximum Gasteiger partial charge on any atom is 0.254 e. The summed E-state index contributed by atoms with van der Waals surface area (Å²) in [5.74, 6) is 0.138. The molecule has 1 aliphatic heterocycles. The lowest BCUT2D eigenvalue weighted by molar-refractivity contribution is 0.0711. The van der Waals surface area contributed by atoms with Crippen molar-refractivity contribution < 1.29 is 9.53 Å². The summed E-state index contributed by atoms with van der Waals surface area (Å²) >= 11 is 0. The van der Waals surface area contributed by atoms with Gasteiger partial charge in [0.1, 0.15) is 5.60 Å². The fourth-order valence-corrected chi connectivity index (χ4v) is 6.05. The van der Waals surface area contributed by atoms with E-state index in [4.69, 9.17) is 4.74 Å². The summed E-state index contributed by atoms with van der Waals surface area (Å²) in [6, 6.07) is 18.9. The molecule has 1 unspecified atom stereocenters. The standard InChI is InChI=1S/C37H53NO2/c1-3-4-5-6-7-8-9-10-11-12-13-14-15-16-17-20-26-38(29-37(2)30-40-37)36(39)34-25-21-24-33-27-31-22-18-19-23-32(31)28-35(33)34/h18-19,21-25,27-28H,3-17,20,26,29-30H2,1-2H3. The Morgan fingerprint density at radius 2 is 1.20 bits per heavy atom. The third-order valence-electron chi connectivity index (χ3n) is 8.71. The van der Waals surface area contributed by atoms with E-state index in [-0.39, 0.29) is 11.5 Å². The van der Waals surface area contributed by atoms with Gasteiger partial charge in [-0.3, -0.25) is 4.79 Å². The number of hydrogen-bond donors (Lipinski definition) is 0. The summed E-state index contributed by atoms with van der Waals surface area (Å²) in [5, 5.41) is 4.56. The van der Waals surface area contributed by atoms with Gasteiger partial charge in [0.15, 0.2) is 0 Å². The van der Waals surface area contributed by atoms with Gasteiger partial charge in [-0.25, -0.2) is 0 Å². The molecule has 0 spiro atoms. The Bertz CT molecular complexity index is 1180. The molecule has 0 saturated carbocycles. The quantitative estimate of drug-likeness (QED) is 0.0806. The average Bonchev–Trinajstić information content (AvgIpc) is 3.70. The average molecular weight is 544 g/mol. The van der Waals surface area contributed by atoms with Gasteiger partial charge in [0.2, 0.25) is 0 Å². The minimum absolute atomic E-state index is 0.138. The van der Waals surface area contributed by atoms with Gasteiger partial charge in [-0.05, 0) is 53.1 Å². The fourth-order valence-electron chi connectivity index (χ4n) is 6.05. The van der Waals surface area contributed by atoms with Crippen molar-refractivity contribution in [2.45, 2.75) is 122 Å². The zero-order valence-electron chi connectivity index (χ0n) is 25.4. The van der Waals surface area contributed by atoms with Crippen LogP contribution in [0.4, 0.5) is 0 Å². The normalized spacial score (nSPS) is 16.6. The first-order valence-electron chi connectivity index (χ1n) is 16.4. The van der Waals surface area contributed by atoms with Crippen LogP contribution in [0.3, 0.4) is 0 Å². The number of carbonyl (C=O) groups is 1. The van der Waals surface area contributed by atoms with E-state index >= 15 is 0 Å². The van der Waals surface area contributed by atoms with Gasteiger partial charge in [0.05, 0.1) is 13.2 Å². The predicted octanol–water partition coefficient (Wildman–Crippen LogP) is 10.5. The van der Waals surface area contributed by atoms with E-state index in [0.29, 0.717) is 6.54 Å². The van der Waals surface area contributed by atoms with Crippen molar-refractivity contribution in [3.63, 3.8) is 0 Å². The van der Waals surface area contributed by atoms with E-state index in [0.717, 1.165) is 35.9 Å². The van der Waals surface area contributed by atoms with Crippen molar-refractivity contribution >= 4 is 27.5 Å². The third-order valence-corrected chi connectivity index (χ3v) is 8.71. The van der Waals surface area contributed by atoms with E-state index < -0.39 is 0 Å². The van der Waals surface area contributed by atoms with Gasteiger partial charge in [0, 0.05) is 12.1 Å². The molecule has 1 aliphatic rings. The van der Waals surface area contributed by atoms with Crippen LogP contribution in [0.2, 0.25) is 0 Å². The largest absolute Gasteiger partial charge is 0.368 e. The van der Waals surface area contributed by atoms with E-state index in [1.54, 1.807) is 0 Å². The summed E-state index contributed by atoms with van der Waals surface area (Å²) in [6.07, 6.45) is 21.8. The van der Waals surface area contributed by atoms with Crippen LogP contribution in [0.5, 0.6) is 0 Å². The highest BCUT2D eigenvalue weighted by atomic mass is 16.6. The number of rotatable bonds is 20. The maximum atomic E-state index is 13.9. The third kappa shape index (κ3) is 9.61. The number of amides is 1. The lowest BCUT2D eigenvalue weighted by atomic mass is 9.98. The molecule has 1 heterocycles. The first-order valence-corrected chi connectivity index (χ1v) is 16.4. The summed E-state index contributed by atoms with van der Waals surface area (Å²) in [7, 11) is 0. The van der Waals surface area contributed by atoms with Crippen LogP contribution < -0.4 is 0 Å². The number of nitrogens with zero attached hydrogens (tertiary/aromatic N) is 1. The van der Waals surface area contributed by atoms with Crippen molar-refractivity contribution in [1.82, 2.24) is 4.90 Å². The molecule has 1 fully saturated rings. The number of epoxide rings is 1. The van der Waals surface area contributed by atoms with E-state index in [1.807, 2.05) is 12.1 Å². The minimum atomic E-state index is -0.179. The summed E-state index contributed by atoms with van der Waals surface area (Å²) < 4.78 is 5.70. The number of hydrogen-bond acceptors (Lipinski definition) is 2. The SMILES string of the molecule is CCCCCCCCCCCCCCCCCCN(CC1(C)CO1)C(=O)c1cccc2cc3ccccc3cc12. The summed E-state index contributed by atoms with van der Waals surface area (Å²) in [4.78, 5) is 15.9. The fraction of sp³-hybridized carbons (Fsp3) is 0.595. The number of fused-ring (bicyclic) bond motifs is 2. The first-order chi connectivity index (χ1) is 19.6. The van der Waals surface area contributed by atoms with Crippen molar-refractivity contribution in [2.24, 2.45) is 0 Å². The van der Waals surface area contributed by atoms with Crippen LogP contribution in [0.15, 0.2) is 54.6 Å². The molecule has 218 valence electrons. The molecule has 0 aromatic heterocycles. The van der Waals surface area contributed by atoms with Crippen LogP contribution in [0.25, 0.3) is 21.5 Å². The summed E-state index contributed by atoms with van der Waals surface area (Å²) in [5.41, 5.74) is 0.631. The number of unbranched alkanes of at least 4 members (excludes halogenated alkanes) is 15. The Kier molecular flexibility index (Phi) is 12.3. The van der Waals surface area contributed by atoms with Gasteiger partial charge < -0.3 is 9.64 Å². The zero-order valence-corrected chi connectivity index (χ0v) is 25.4. The molecule has 4 rings (SSSR count). The second kappa shape index (κ2) is 16.2. The molecule has 3 aromatic carbocycles. The highest BCUT2D eigenvalue weighted by Crippen LogP contribution is 2.30. The molecule has 1 amide bonds. The highest BCUT2D eigenvalue weighted by Gasteiger charge is 2.42. The molecule has 3 aromatic rings. The van der Waals surface area contributed by atoms with Crippen LogP contribution in [0, 0.1) is 0 Å². The van der Waals surface area contributed by atoms with Gasteiger partial charge in [-0.15, -0.1) is 0 Å². The Labute approximate surface area is 243 Å². The molecule has 40 heavy (non-hydrogen) atoms. The molecule has 1 saturated heterocycles. The minimum Gasteiger partial charge on any atom is -0.368 e. The van der Waals surface area contributed by atoms with Crippen molar-refractivity contribution in [3.8, 4) is 0 Å². The zero-order chi connectivity index (χ0) is 28.0. The van der Waals surface area contributed by atoms with Gasteiger partial charge in [-0.1, -0.05) is 140 Å². The van der Waals surface area contributed by atoms with Crippen molar-refractivity contribution in [3.05, 3.63) is 60.2 Å². The van der Waals surface area contributed by atoms with Crippen LogP contribution in [0.1, 0.15) is 127 Å². The van der Waals surface area contributed by atoms with E-state index in [2.05, 4.69) is 61.2 Å². The predicted molar refractivity (Wildman–Crippen MR) is 171 cm³/mol. The topological polar surface area (TPSA) is 32.8 Å². The Hall–Kier alpha value is -2.39. The number of benzene rings is 3. The Balaban J connectivity index is 1.17. The molecular formula is C37H53NO2. The summed E-state index contributed by atoms with van der Waals surface area (Å²) in [6.45, 7) is 6.64. The highest BCUT2D eigenvalue weighted by molar-refractivity contribution is 6.10. The van der Waals surface area contributed by atoms with Crippen LogP contribution >= 0.6 is 0 Å². The van der Waals surface area contributed by atoms with Crippen LogP contribution in [-0.4, -0.2) is 36.1 Å².